The first-order valence-electron chi connectivity index (χ1n) is 5.98. The van der Waals surface area contributed by atoms with Crippen LogP contribution in [0.4, 0.5) is 0 Å². The molecule has 1 N–H and O–H groups in total. The smallest absolute Gasteiger partial charge is 0.0769 e. The largest absolute Gasteiger partial charge is 0.308 e. The third kappa shape index (κ3) is 4.09. The molecule has 2 aromatic rings. The standard InChI is InChI=1S/C14H16ClN3/c1-11(9-12-4-6-13(15)7-5-12)16-10-14-3-2-8-17-18-14/h2-8,11,16H,9-10H2,1H3. The molecule has 0 aliphatic heterocycles. The lowest BCUT2D eigenvalue weighted by atomic mass is 10.1. The maximum Gasteiger partial charge on any atom is 0.0769 e. The summed E-state index contributed by atoms with van der Waals surface area (Å²) in [5.41, 5.74) is 2.24. The highest BCUT2D eigenvalue weighted by Gasteiger charge is 2.03. The topological polar surface area (TPSA) is 37.8 Å². The highest BCUT2D eigenvalue weighted by atomic mass is 35.5. The van der Waals surface area contributed by atoms with E-state index in [2.05, 4.69) is 34.6 Å². The van der Waals surface area contributed by atoms with Gasteiger partial charge in [0.2, 0.25) is 0 Å². The average molecular weight is 262 g/mol. The molecule has 1 aromatic carbocycles. The maximum atomic E-state index is 5.86. The summed E-state index contributed by atoms with van der Waals surface area (Å²) in [4.78, 5) is 0. The van der Waals surface area contributed by atoms with E-state index in [1.165, 1.54) is 5.56 Å². The molecule has 0 fully saturated rings. The minimum atomic E-state index is 0.383. The van der Waals surface area contributed by atoms with Crippen molar-refractivity contribution >= 4 is 11.6 Å². The summed E-state index contributed by atoms with van der Waals surface area (Å²) in [6.45, 7) is 2.90. The number of rotatable bonds is 5. The molecule has 0 aliphatic rings. The van der Waals surface area contributed by atoms with Crippen LogP contribution < -0.4 is 5.32 Å². The van der Waals surface area contributed by atoms with Crippen LogP contribution in [-0.2, 0) is 13.0 Å². The fourth-order valence-electron chi connectivity index (χ4n) is 1.75. The van der Waals surface area contributed by atoms with E-state index in [1.807, 2.05) is 24.3 Å². The zero-order valence-corrected chi connectivity index (χ0v) is 11.1. The molecule has 0 saturated carbocycles. The summed E-state index contributed by atoms with van der Waals surface area (Å²) in [5.74, 6) is 0. The van der Waals surface area contributed by atoms with Crippen LogP contribution in [0.5, 0.6) is 0 Å². The zero-order valence-electron chi connectivity index (χ0n) is 10.3. The minimum absolute atomic E-state index is 0.383. The number of hydrogen-bond acceptors (Lipinski definition) is 3. The fourth-order valence-corrected chi connectivity index (χ4v) is 1.88. The van der Waals surface area contributed by atoms with Crippen molar-refractivity contribution in [2.45, 2.75) is 25.9 Å². The molecule has 18 heavy (non-hydrogen) atoms. The first kappa shape index (κ1) is 13.0. The second kappa shape index (κ2) is 6.47. The van der Waals surface area contributed by atoms with Crippen molar-refractivity contribution in [2.75, 3.05) is 0 Å². The van der Waals surface area contributed by atoms with Crippen molar-refractivity contribution in [3.05, 3.63) is 58.9 Å². The molecule has 3 nitrogen and oxygen atoms in total. The van der Waals surface area contributed by atoms with Gasteiger partial charge in [0.25, 0.3) is 0 Å². The number of benzene rings is 1. The van der Waals surface area contributed by atoms with E-state index in [0.29, 0.717) is 6.04 Å². The number of nitrogens with zero attached hydrogens (tertiary/aromatic N) is 2. The molecule has 1 aromatic heterocycles. The van der Waals surface area contributed by atoms with E-state index in [0.717, 1.165) is 23.7 Å². The van der Waals surface area contributed by atoms with Gasteiger partial charge in [0.15, 0.2) is 0 Å². The molecule has 0 spiro atoms. The van der Waals surface area contributed by atoms with Gasteiger partial charge in [-0.3, -0.25) is 0 Å². The molecule has 1 atom stereocenters. The average Bonchev–Trinajstić information content (AvgIpc) is 2.40. The lowest BCUT2D eigenvalue weighted by Crippen LogP contribution is -2.28. The van der Waals surface area contributed by atoms with Gasteiger partial charge < -0.3 is 5.32 Å². The quantitative estimate of drug-likeness (QED) is 0.899. The lowest BCUT2D eigenvalue weighted by molar-refractivity contribution is 0.537. The SMILES string of the molecule is CC(Cc1ccc(Cl)cc1)NCc1cccnn1. The Labute approximate surface area is 112 Å². The number of nitrogens with one attached hydrogen (secondary N) is 1. The molecular formula is C14H16ClN3. The van der Waals surface area contributed by atoms with E-state index < -0.39 is 0 Å². The number of halogens is 1. The van der Waals surface area contributed by atoms with E-state index in [1.54, 1.807) is 6.20 Å². The van der Waals surface area contributed by atoms with Crippen LogP contribution in [0.2, 0.25) is 5.02 Å². The lowest BCUT2D eigenvalue weighted by Gasteiger charge is -2.13. The Bertz CT molecular complexity index is 470. The fraction of sp³-hybridized carbons (Fsp3) is 0.286. The molecular weight excluding hydrogens is 246 g/mol. The van der Waals surface area contributed by atoms with E-state index in [9.17, 15) is 0 Å². The van der Waals surface area contributed by atoms with Gasteiger partial charge in [-0.15, -0.1) is 0 Å². The monoisotopic (exact) mass is 261 g/mol. The van der Waals surface area contributed by atoms with Crippen molar-refractivity contribution < 1.29 is 0 Å². The van der Waals surface area contributed by atoms with Gasteiger partial charge in [0.05, 0.1) is 5.69 Å². The molecule has 0 radical (unpaired) electrons. The van der Waals surface area contributed by atoms with Gasteiger partial charge in [-0.2, -0.15) is 10.2 Å². The zero-order chi connectivity index (χ0) is 12.8. The Balaban J connectivity index is 1.82. The Kier molecular flexibility index (Phi) is 4.67. The summed E-state index contributed by atoms with van der Waals surface area (Å²) in [5, 5.41) is 12.1. The first-order valence-corrected chi connectivity index (χ1v) is 6.36. The van der Waals surface area contributed by atoms with Crippen molar-refractivity contribution in [2.24, 2.45) is 0 Å². The molecule has 94 valence electrons. The number of aromatic nitrogens is 2. The van der Waals surface area contributed by atoms with Gasteiger partial charge in [0.1, 0.15) is 0 Å². The van der Waals surface area contributed by atoms with Gasteiger partial charge >= 0.3 is 0 Å². The van der Waals surface area contributed by atoms with Crippen LogP contribution in [0.3, 0.4) is 0 Å². The minimum Gasteiger partial charge on any atom is -0.308 e. The molecule has 4 heteroatoms. The molecule has 0 aliphatic carbocycles. The molecule has 0 saturated heterocycles. The Morgan fingerprint density at radius 2 is 2.00 bits per heavy atom. The van der Waals surface area contributed by atoms with Gasteiger partial charge in [0, 0.05) is 23.8 Å². The van der Waals surface area contributed by atoms with Crippen molar-refractivity contribution in [3.63, 3.8) is 0 Å². The Morgan fingerprint density at radius 1 is 1.22 bits per heavy atom. The normalized spacial score (nSPS) is 12.3. The van der Waals surface area contributed by atoms with Crippen LogP contribution >= 0.6 is 11.6 Å². The van der Waals surface area contributed by atoms with Crippen LogP contribution in [0.1, 0.15) is 18.2 Å². The van der Waals surface area contributed by atoms with Crippen LogP contribution in [0, 0.1) is 0 Å². The van der Waals surface area contributed by atoms with Crippen LogP contribution in [0.25, 0.3) is 0 Å². The second-order valence-electron chi connectivity index (χ2n) is 4.33. The first-order chi connectivity index (χ1) is 8.74. The number of hydrogen-bond donors (Lipinski definition) is 1. The van der Waals surface area contributed by atoms with Gasteiger partial charge in [-0.1, -0.05) is 23.7 Å². The third-order valence-electron chi connectivity index (χ3n) is 2.71. The third-order valence-corrected chi connectivity index (χ3v) is 2.97. The van der Waals surface area contributed by atoms with E-state index >= 15 is 0 Å². The molecule has 2 rings (SSSR count). The second-order valence-corrected chi connectivity index (χ2v) is 4.76. The molecule has 0 amide bonds. The summed E-state index contributed by atoms with van der Waals surface area (Å²) in [6, 6.07) is 12.2. The Morgan fingerprint density at radius 3 is 2.67 bits per heavy atom. The maximum absolute atomic E-state index is 5.86. The molecule has 1 heterocycles. The predicted octanol–water partition coefficient (Wildman–Crippen LogP) is 2.85. The summed E-state index contributed by atoms with van der Waals surface area (Å²) < 4.78 is 0. The van der Waals surface area contributed by atoms with Crippen molar-refractivity contribution in [3.8, 4) is 0 Å². The van der Waals surface area contributed by atoms with Crippen LogP contribution in [0.15, 0.2) is 42.6 Å². The summed E-state index contributed by atoms with van der Waals surface area (Å²) >= 11 is 5.86. The highest BCUT2D eigenvalue weighted by molar-refractivity contribution is 6.30. The molecule has 1 unspecified atom stereocenters. The summed E-state index contributed by atoms with van der Waals surface area (Å²) in [6.07, 6.45) is 2.65. The van der Waals surface area contributed by atoms with E-state index in [-0.39, 0.29) is 0 Å². The predicted molar refractivity (Wildman–Crippen MR) is 73.5 cm³/mol. The van der Waals surface area contributed by atoms with Gasteiger partial charge in [-0.25, -0.2) is 0 Å². The van der Waals surface area contributed by atoms with Crippen molar-refractivity contribution in [1.82, 2.24) is 15.5 Å². The van der Waals surface area contributed by atoms with Crippen molar-refractivity contribution in [1.29, 1.82) is 0 Å². The van der Waals surface area contributed by atoms with E-state index in [4.69, 9.17) is 11.6 Å². The highest BCUT2D eigenvalue weighted by Crippen LogP contribution is 2.11. The van der Waals surface area contributed by atoms with Crippen LogP contribution in [-0.4, -0.2) is 16.2 Å². The molecule has 0 bridgehead atoms. The van der Waals surface area contributed by atoms with Gasteiger partial charge in [-0.05, 0) is 43.2 Å². The summed E-state index contributed by atoms with van der Waals surface area (Å²) in [7, 11) is 0. The Hall–Kier alpha value is -1.45.